The first-order valence-electron chi connectivity index (χ1n) is 3.80. The van der Waals surface area contributed by atoms with Crippen molar-refractivity contribution in [2.24, 2.45) is 0 Å². The summed E-state index contributed by atoms with van der Waals surface area (Å²) in [5.41, 5.74) is 0. The van der Waals surface area contributed by atoms with Crippen LogP contribution in [-0.2, 0) is 0 Å². The normalized spacial score (nSPS) is 16.1. The molecule has 1 aromatic heterocycles. The molecule has 1 aromatic rings. The summed E-state index contributed by atoms with van der Waals surface area (Å²) in [7, 11) is 6.63. The molecule has 0 spiro atoms. The minimum Gasteiger partial charge on any atom is -0.489 e. The molecule has 0 radical (unpaired) electrons. The molecule has 4 heteroatoms. The van der Waals surface area contributed by atoms with Crippen molar-refractivity contribution in [3.63, 3.8) is 0 Å². The SMILES string of the molecule is ClSc1ccc(OC2CC2)cn1. The Balaban J connectivity index is 2.02. The van der Waals surface area contributed by atoms with Crippen LogP contribution in [0.25, 0.3) is 0 Å². The van der Waals surface area contributed by atoms with Crippen molar-refractivity contribution in [3.8, 4) is 5.75 Å². The molecular weight excluding hydrogens is 194 g/mol. The molecule has 64 valence electrons. The van der Waals surface area contributed by atoms with E-state index in [0.717, 1.165) is 21.8 Å². The van der Waals surface area contributed by atoms with Crippen LogP contribution in [0, 0.1) is 0 Å². The van der Waals surface area contributed by atoms with Gasteiger partial charge in [-0.15, -0.1) is 0 Å². The van der Waals surface area contributed by atoms with Gasteiger partial charge < -0.3 is 4.74 Å². The number of halogens is 1. The van der Waals surface area contributed by atoms with Crippen LogP contribution in [-0.4, -0.2) is 11.1 Å². The summed E-state index contributed by atoms with van der Waals surface area (Å²) in [6, 6.07) is 3.76. The lowest BCUT2D eigenvalue weighted by Gasteiger charge is -2.02. The lowest BCUT2D eigenvalue weighted by molar-refractivity contribution is 0.301. The Bertz CT molecular complexity index is 260. The van der Waals surface area contributed by atoms with E-state index >= 15 is 0 Å². The number of hydrogen-bond donors (Lipinski definition) is 0. The number of hydrogen-bond acceptors (Lipinski definition) is 3. The molecule has 0 aliphatic heterocycles. The van der Waals surface area contributed by atoms with Crippen molar-refractivity contribution < 1.29 is 4.74 Å². The minimum absolute atomic E-state index is 0.432. The van der Waals surface area contributed by atoms with Gasteiger partial charge in [0.15, 0.2) is 0 Å². The number of rotatable bonds is 3. The lowest BCUT2D eigenvalue weighted by atomic mass is 10.5. The van der Waals surface area contributed by atoms with Gasteiger partial charge in [0.1, 0.15) is 10.8 Å². The molecule has 12 heavy (non-hydrogen) atoms. The molecule has 1 aliphatic rings. The van der Waals surface area contributed by atoms with E-state index in [0.29, 0.717) is 6.10 Å². The van der Waals surface area contributed by atoms with E-state index in [9.17, 15) is 0 Å². The molecule has 0 atom stereocenters. The van der Waals surface area contributed by atoms with E-state index in [1.807, 2.05) is 12.1 Å². The summed E-state index contributed by atoms with van der Waals surface area (Å²) in [4.78, 5) is 4.08. The van der Waals surface area contributed by atoms with Gasteiger partial charge in [0.05, 0.1) is 12.3 Å². The van der Waals surface area contributed by atoms with Crippen molar-refractivity contribution in [2.75, 3.05) is 0 Å². The number of pyridine rings is 1. The molecule has 0 aromatic carbocycles. The van der Waals surface area contributed by atoms with Crippen LogP contribution in [0.5, 0.6) is 5.75 Å². The molecule has 1 saturated carbocycles. The van der Waals surface area contributed by atoms with Gasteiger partial charge in [-0.2, -0.15) is 0 Å². The molecule has 0 unspecified atom stereocenters. The summed E-state index contributed by atoms with van der Waals surface area (Å²) < 4.78 is 5.51. The highest BCUT2D eigenvalue weighted by Gasteiger charge is 2.23. The topological polar surface area (TPSA) is 22.1 Å². The summed E-state index contributed by atoms with van der Waals surface area (Å²) in [5.74, 6) is 0.840. The van der Waals surface area contributed by atoms with Crippen LogP contribution in [0.15, 0.2) is 23.4 Å². The molecule has 0 bridgehead atoms. The monoisotopic (exact) mass is 201 g/mol. The van der Waals surface area contributed by atoms with Crippen molar-refractivity contribution >= 4 is 21.7 Å². The molecule has 1 aliphatic carbocycles. The van der Waals surface area contributed by atoms with Crippen molar-refractivity contribution in [1.82, 2.24) is 4.98 Å². The Morgan fingerprint density at radius 3 is 2.83 bits per heavy atom. The number of aromatic nitrogens is 1. The molecular formula is C8H8ClNOS. The fourth-order valence-electron chi connectivity index (χ4n) is 0.860. The molecule has 0 N–H and O–H groups in total. The Kier molecular flexibility index (Phi) is 2.42. The maximum Gasteiger partial charge on any atom is 0.138 e. The van der Waals surface area contributed by atoms with Crippen molar-refractivity contribution in [3.05, 3.63) is 18.3 Å². The zero-order chi connectivity index (χ0) is 8.39. The lowest BCUT2D eigenvalue weighted by Crippen LogP contribution is -1.95. The fourth-order valence-corrected chi connectivity index (χ4v) is 1.35. The summed E-state index contributed by atoms with van der Waals surface area (Å²) >= 11 is 0. The number of ether oxygens (including phenoxy) is 1. The first-order valence-corrected chi connectivity index (χ1v) is 5.44. The van der Waals surface area contributed by atoms with Crippen LogP contribution in [0.3, 0.4) is 0 Å². The molecule has 1 fully saturated rings. The van der Waals surface area contributed by atoms with Gasteiger partial charge in [-0.05, 0) is 35.7 Å². The smallest absolute Gasteiger partial charge is 0.138 e. The Labute approximate surface area is 79.8 Å². The fraction of sp³-hybridized carbons (Fsp3) is 0.375. The first-order chi connectivity index (χ1) is 5.88. The highest BCUT2D eigenvalue weighted by Crippen LogP contribution is 2.27. The summed E-state index contributed by atoms with van der Waals surface area (Å²) in [5, 5.41) is 0.805. The van der Waals surface area contributed by atoms with E-state index < -0.39 is 0 Å². The largest absolute Gasteiger partial charge is 0.489 e. The average Bonchev–Trinajstić information content (AvgIpc) is 2.90. The quantitative estimate of drug-likeness (QED) is 0.751. The predicted octanol–water partition coefficient (Wildman–Crippen LogP) is 2.87. The second-order valence-corrected chi connectivity index (χ2v) is 3.76. The van der Waals surface area contributed by atoms with Crippen molar-refractivity contribution in [2.45, 2.75) is 24.0 Å². The van der Waals surface area contributed by atoms with Crippen LogP contribution in [0.1, 0.15) is 12.8 Å². The van der Waals surface area contributed by atoms with Gasteiger partial charge >= 0.3 is 0 Å². The van der Waals surface area contributed by atoms with E-state index in [1.54, 1.807) is 6.20 Å². The van der Waals surface area contributed by atoms with Gasteiger partial charge in [-0.25, -0.2) is 4.98 Å². The first kappa shape index (κ1) is 8.20. The summed E-state index contributed by atoms with van der Waals surface area (Å²) in [6.45, 7) is 0. The van der Waals surface area contributed by atoms with Crippen molar-refractivity contribution in [1.29, 1.82) is 0 Å². The summed E-state index contributed by atoms with van der Waals surface area (Å²) in [6.07, 6.45) is 4.49. The van der Waals surface area contributed by atoms with Gasteiger partial charge in [0, 0.05) is 11.0 Å². The molecule has 2 nitrogen and oxygen atoms in total. The Morgan fingerprint density at radius 2 is 2.33 bits per heavy atom. The van der Waals surface area contributed by atoms with Gasteiger partial charge in [0.25, 0.3) is 0 Å². The van der Waals surface area contributed by atoms with Gasteiger partial charge in [0.2, 0.25) is 0 Å². The molecule has 2 rings (SSSR count). The maximum atomic E-state index is 5.51. The predicted molar refractivity (Wildman–Crippen MR) is 49.6 cm³/mol. The Hall–Kier alpha value is -0.410. The van der Waals surface area contributed by atoms with E-state index in [1.165, 1.54) is 12.8 Å². The average molecular weight is 202 g/mol. The third-order valence-corrected chi connectivity index (χ3v) is 2.49. The zero-order valence-corrected chi connectivity index (χ0v) is 7.94. The van der Waals surface area contributed by atoms with Crippen LogP contribution < -0.4 is 4.74 Å². The van der Waals surface area contributed by atoms with Gasteiger partial charge in [-0.3, -0.25) is 0 Å². The van der Waals surface area contributed by atoms with Gasteiger partial charge in [-0.1, -0.05) is 0 Å². The van der Waals surface area contributed by atoms with Crippen LogP contribution >= 0.6 is 21.7 Å². The second-order valence-electron chi connectivity index (χ2n) is 2.73. The van der Waals surface area contributed by atoms with E-state index in [4.69, 9.17) is 15.4 Å². The highest BCUT2D eigenvalue weighted by molar-refractivity contribution is 8.21. The van der Waals surface area contributed by atoms with Crippen LogP contribution in [0.2, 0.25) is 0 Å². The molecule has 1 heterocycles. The third-order valence-electron chi connectivity index (χ3n) is 1.62. The maximum absolute atomic E-state index is 5.51. The number of nitrogens with zero attached hydrogens (tertiary/aromatic N) is 1. The highest BCUT2D eigenvalue weighted by atomic mass is 35.7. The second kappa shape index (κ2) is 3.54. The third kappa shape index (κ3) is 2.05. The standard InChI is InChI=1S/C8H8ClNOS/c9-12-8-4-3-7(5-10-8)11-6-1-2-6/h3-6H,1-2H2. The van der Waals surface area contributed by atoms with E-state index in [2.05, 4.69) is 4.98 Å². The zero-order valence-electron chi connectivity index (χ0n) is 6.37. The minimum atomic E-state index is 0.432. The van der Waals surface area contributed by atoms with Crippen LogP contribution in [0.4, 0.5) is 0 Å². The Morgan fingerprint density at radius 1 is 1.50 bits per heavy atom. The molecule has 0 saturated heterocycles. The van der Waals surface area contributed by atoms with E-state index in [-0.39, 0.29) is 0 Å². The molecule has 0 amide bonds.